The Hall–Kier alpha value is -17.3. The van der Waals surface area contributed by atoms with Gasteiger partial charge in [-0.1, -0.05) is 389 Å². The van der Waals surface area contributed by atoms with Crippen LogP contribution in [0, 0.1) is 0 Å². The van der Waals surface area contributed by atoms with Crippen LogP contribution in [0.25, 0.3) is 204 Å². The Morgan fingerprint density at radius 1 is 0.203 bits per heavy atom. The summed E-state index contributed by atoms with van der Waals surface area (Å²) in [5, 5.41) is 12.3. The monoisotopic (exact) mass is 1930 g/mol. The topological polar surface area (TPSA) is 62.0 Å². The first kappa shape index (κ1) is 86.2. The van der Waals surface area contributed by atoms with Crippen LogP contribution in [0.2, 0.25) is 0 Å². The van der Waals surface area contributed by atoms with Crippen LogP contribution in [0.1, 0.15) is 99.9 Å². The summed E-state index contributed by atoms with van der Waals surface area (Å²) in [6.45, 7) is 19.1. The predicted molar refractivity (Wildman–Crippen MR) is 616 cm³/mol. The lowest BCUT2D eigenvalue weighted by molar-refractivity contribution is 0.630. The van der Waals surface area contributed by atoms with Crippen molar-refractivity contribution >= 4 is 148 Å². The van der Waals surface area contributed by atoms with Gasteiger partial charge in [0.25, 0.3) is 0 Å². The Morgan fingerprint density at radius 2 is 0.574 bits per heavy atom. The van der Waals surface area contributed by atoms with Crippen molar-refractivity contribution in [2.24, 2.45) is 0 Å². The summed E-state index contributed by atoms with van der Waals surface area (Å²) >= 11 is 0. The van der Waals surface area contributed by atoms with Crippen molar-refractivity contribution in [2.45, 2.75) is 96.6 Å². The number of anilines is 3. The molecule has 2 atom stereocenters. The number of nitrogens with zero attached hydrogens (tertiary/aromatic N) is 6. The highest BCUT2D eigenvalue weighted by Gasteiger charge is 2.45. The van der Waals surface area contributed by atoms with Crippen LogP contribution in [0.5, 0.6) is 0 Å². The molecule has 9 heterocycles. The van der Waals surface area contributed by atoms with Gasteiger partial charge in [0.15, 0.2) is 0 Å². The van der Waals surface area contributed by atoms with Crippen LogP contribution in [-0.2, 0) is 43.3 Å². The number of fused-ring (bicyclic) bond motifs is 30. The molecule has 0 fully saturated rings. The lowest BCUT2D eigenvalue weighted by atomic mass is 9.74. The number of benzene rings is 21. The van der Waals surface area contributed by atoms with Crippen LogP contribution in [0.4, 0.5) is 17.1 Å². The SMILES string of the molecule is CC1(C)c2cc(-n3c4ccccc4c4ccccc43)ccc2-c2ccc3c(c21)c1cccc2c1n3-c1ccccc1C2(C)C.CC1(C)c2cc(N(c3ccccc3)c3ccccc3)ccc2-c2cc3c4cccc5c4n(c3cc21)-c1ccccc1C5(C)C.O=S1c2cc3c(cc2-n2c4cc(-c5ccccc5)ccc4c4ccc(-c5ccccc5)c1c42)S(=O)c1c(-c2ccccc2)ccc2c4ccc(-c5ccccc5)cc4n-3c12. The molecule has 5 aromatic heterocycles. The molecule has 4 aliphatic heterocycles. The van der Waals surface area contributed by atoms with Gasteiger partial charge >= 0.3 is 0 Å². The molecule has 26 aromatic rings. The standard InChI is InChI=1S/C54H32N2O2S2.C42H32N2.C42H34N2/c57-59-49-32-48-50(60(58)54-40(36-19-11-4-12-20-36)26-28-44-42-24-22-38(34-15-7-2-8-16-34)30-46(42)56(48)52(44)54)31-47(49)55-45-29-37(33-13-5-1-6-14-33)21-23-41(45)43-27-25-39(53(59)51(43)55)35-17-9-3-10-18-35;1-41(2)31-15-7-10-19-36(31)44-37-23-22-29-26-21-20-25(43-34-17-8-5-12-27(34)28-13-6-9-18-35(28)43)24-33(26)42(3,4)39(29)38(37)30-14-11-16-32(41)40(30)44;1-41(2)34-19-11-12-21-38(34)44-39-26-37-32(25-33(39)31-18-13-20-35(41)40(31)44)30-23-22-29(24-36(30)42(37,3)4)43(27-14-7-5-8-15-27)28-16-9-6-10-17-28/h1-32H;5-24H,1-4H3;5-26H,1-4H3. The van der Waals surface area contributed by atoms with Crippen LogP contribution in [0.3, 0.4) is 0 Å². The smallest absolute Gasteiger partial charge is 0.0899 e. The zero-order chi connectivity index (χ0) is 99.0. The van der Waals surface area contributed by atoms with E-state index in [1.54, 1.807) is 0 Å². The fourth-order valence-electron chi connectivity index (χ4n) is 26.7. The van der Waals surface area contributed by atoms with E-state index in [1.165, 1.54) is 155 Å². The van der Waals surface area contributed by atoms with Crippen molar-refractivity contribution in [3.63, 3.8) is 0 Å². The van der Waals surface area contributed by atoms with Crippen molar-refractivity contribution in [1.82, 2.24) is 22.8 Å². The minimum atomic E-state index is -1.58. The lowest BCUT2D eigenvalue weighted by Gasteiger charge is -2.34. The van der Waals surface area contributed by atoms with E-state index < -0.39 is 21.6 Å². The predicted octanol–water partition coefficient (Wildman–Crippen LogP) is 35.5. The summed E-state index contributed by atoms with van der Waals surface area (Å²) < 4.78 is 43.3. The van der Waals surface area contributed by atoms with Gasteiger partial charge in [-0.05, 0) is 215 Å². The molecule has 10 heteroatoms. The van der Waals surface area contributed by atoms with Gasteiger partial charge in [-0.3, -0.25) is 0 Å². The third-order valence-electron chi connectivity index (χ3n) is 33.7. The maximum atomic E-state index is 15.6. The van der Waals surface area contributed by atoms with Gasteiger partial charge in [-0.2, -0.15) is 0 Å². The van der Waals surface area contributed by atoms with Crippen LogP contribution >= 0.6 is 0 Å². The second kappa shape index (κ2) is 31.6. The molecule has 704 valence electrons. The number of rotatable bonds is 8. The average molecular weight is 1940 g/mol. The molecular formula is C138H98N6O2S2. The molecule has 0 spiro atoms. The summed E-state index contributed by atoms with van der Waals surface area (Å²) in [6, 6.07) is 162. The first-order valence-corrected chi connectivity index (χ1v) is 53.7. The van der Waals surface area contributed by atoms with E-state index in [9.17, 15) is 0 Å². The summed E-state index contributed by atoms with van der Waals surface area (Å²) in [6.07, 6.45) is 0. The zero-order valence-corrected chi connectivity index (χ0v) is 84.7. The van der Waals surface area contributed by atoms with Gasteiger partial charge in [0, 0.05) is 109 Å². The number of hydrogen-bond acceptors (Lipinski definition) is 3. The van der Waals surface area contributed by atoms with E-state index in [2.05, 4.69) is 484 Å². The Kier molecular flexibility index (Phi) is 18.4. The minimum Gasteiger partial charge on any atom is -0.310 e. The Bertz CT molecular complexity index is 9990. The molecule has 0 radical (unpaired) electrons. The number of hydrogen-bond donors (Lipinski definition) is 0. The van der Waals surface area contributed by atoms with Crippen LogP contribution in [0.15, 0.2) is 468 Å². The molecule has 6 aliphatic rings. The third kappa shape index (κ3) is 12.0. The van der Waals surface area contributed by atoms with E-state index in [4.69, 9.17) is 0 Å². The highest BCUT2D eigenvalue weighted by atomic mass is 32.2. The third-order valence-corrected chi connectivity index (χ3v) is 36.7. The summed E-state index contributed by atoms with van der Waals surface area (Å²) in [5.41, 5.74) is 45.1. The van der Waals surface area contributed by atoms with E-state index in [-0.39, 0.29) is 21.7 Å². The Labute approximate surface area is 862 Å². The van der Waals surface area contributed by atoms with Crippen molar-refractivity contribution in [2.75, 3.05) is 4.90 Å². The van der Waals surface area contributed by atoms with Crippen molar-refractivity contribution in [3.8, 4) is 95.2 Å². The Morgan fingerprint density at radius 3 is 1.10 bits per heavy atom. The maximum absolute atomic E-state index is 15.6. The molecule has 32 rings (SSSR count). The van der Waals surface area contributed by atoms with E-state index in [1.807, 2.05) is 48.5 Å². The molecule has 21 aromatic carbocycles. The first-order chi connectivity index (χ1) is 72.3. The lowest BCUT2D eigenvalue weighted by Crippen LogP contribution is -2.26. The Balaban J connectivity index is 0.000000104. The zero-order valence-electron chi connectivity index (χ0n) is 83.0. The molecular weight excluding hydrogens is 1840 g/mol. The summed E-state index contributed by atoms with van der Waals surface area (Å²) in [7, 11) is -3.17. The average Bonchev–Trinajstić information content (AvgIpc) is 1.49. The van der Waals surface area contributed by atoms with Crippen LogP contribution < -0.4 is 4.90 Å². The fourth-order valence-corrected chi connectivity index (χ4v) is 29.8. The quantitative estimate of drug-likeness (QED) is 0.152. The molecule has 2 aliphatic carbocycles. The second-order valence-corrected chi connectivity index (χ2v) is 45.6. The number of aromatic nitrogens is 5. The highest BCUT2D eigenvalue weighted by Crippen LogP contribution is 2.61. The van der Waals surface area contributed by atoms with Gasteiger partial charge < -0.3 is 27.7 Å². The van der Waals surface area contributed by atoms with Gasteiger partial charge in [-0.15, -0.1) is 0 Å². The molecule has 2 unspecified atom stereocenters. The molecule has 0 bridgehead atoms. The molecule has 0 saturated carbocycles. The summed E-state index contributed by atoms with van der Waals surface area (Å²) in [4.78, 5) is 5.34. The van der Waals surface area contributed by atoms with Crippen molar-refractivity contribution in [3.05, 3.63) is 493 Å². The van der Waals surface area contributed by atoms with E-state index >= 15 is 8.42 Å². The molecule has 0 N–H and O–H groups in total. The molecule has 8 nitrogen and oxygen atoms in total. The number of para-hydroxylation sites is 8. The molecule has 0 amide bonds. The van der Waals surface area contributed by atoms with Gasteiger partial charge in [0.1, 0.15) is 0 Å². The van der Waals surface area contributed by atoms with Gasteiger partial charge in [-0.25, -0.2) is 8.42 Å². The van der Waals surface area contributed by atoms with Gasteiger partial charge in [0.05, 0.1) is 119 Å². The largest absolute Gasteiger partial charge is 0.310 e. The first-order valence-electron chi connectivity index (χ1n) is 51.4. The highest BCUT2D eigenvalue weighted by molar-refractivity contribution is 7.86. The van der Waals surface area contributed by atoms with Crippen molar-refractivity contribution < 1.29 is 8.42 Å². The normalized spacial score (nSPS) is 15.3. The van der Waals surface area contributed by atoms with Crippen LogP contribution in [-0.4, -0.2) is 31.3 Å². The van der Waals surface area contributed by atoms with Gasteiger partial charge in [0.2, 0.25) is 0 Å². The van der Waals surface area contributed by atoms with E-state index in [0.717, 1.165) is 121 Å². The molecule has 148 heavy (non-hydrogen) atoms. The maximum Gasteiger partial charge on any atom is 0.0899 e. The fraction of sp³-hybridized carbons (Fsp3) is 0.0870. The van der Waals surface area contributed by atoms with Crippen molar-refractivity contribution in [1.29, 1.82) is 0 Å². The van der Waals surface area contributed by atoms with E-state index in [0.29, 0.717) is 9.79 Å². The minimum absolute atomic E-state index is 0.0607. The molecule has 0 saturated heterocycles. The summed E-state index contributed by atoms with van der Waals surface area (Å²) in [5.74, 6) is 0. The second-order valence-electron chi connectivity index (χ2n) is 42.8.